The molecule has 0 spiro atoms. The van der Waals surface area contributed by atoms with Gasteiger partial charge in [0.25, 0.3) is 0 Å². The van der Waals surface area contributed by atoms with Crippen LogP contribution in [0.15, 0.2) is 78.1 Å². The van der Waals surface area contributed by atoms with Crippen LogP contribution < -0.4 is 5.32 Å². The molecule has 2 aromatic carbocycles. The van der Waals surface area contributed by atoms with Gasteiger partial charge in [-0.3, -0.25) is 4.79 Å². The van der Waals surface area contributed by atoms with Gasteiger partial charge in [0.1, 0.15) is 12.4 Å². The van der Waals surface area contributed by atoms with Crippen LogP contribution in [0, 0.1) is 0 Å². The molecule has 0 aromatic heterocycles. The number of fused-ring (bicyclic) bond motifs is 1. The van der Waals surface area contributed by atoms with E-state index in [-0.39, 0.29) is 11.9 Å². The number of nitrogens with one attached hydrogen (secondary N) is 1. The van der Waals surface area contributed by atoms with Crippen LogP contribution in [0.3, 0.4) is 0 Å². The highest BCUT2D eigenvalue weighted by Crippen LogP contribution is 2.25. The number of hydrogen-bond donors (Lipinski definition) is 1. The van der Waals surface area contributed by atoms with Gasteiger partial charge in [0.15, 0.2) is 0 Å². The summed E-state index contributed by atoms with van der Waals surface area (Å²) >= 11 is 0. The van der Waals surface area contributed by atoms with Gasteiger partial charge >= 0.3 is 0 Å². The fourth-order valence-corrected chi connectivity index (χ4v) is 3.44. The van der Waals surface area contributed by atoms with E-state index in [0.717, 1.165) is 30.6 Å². The molecule has 0 saturated heterocycles. The number of carbonyl (C=O) groups is 1. The lowest BCUT2D eigenvalue weighted by Crippen LogP contribution is -2.29. The van der Waals surface area contributed by atoms with Crippen molar-refractivity contribution in [1.82, 2.24) is 5.32 Å². The summed E-state index contributed by atoms with van der Waals surface area (Å²) in [6, 6.07) is 14.4. The maximum Gasteiger partial charge on any atom is 0.248 e. The molecular formula is C22H21NO2. The molecule has 3 heteroatoms. The van der Waals surface area contributed by atoms with Gasteiger partial charge in [-0.15, -0.1) is 0 Å². The topological polar surface area (TPSA) is 38.3 Å². The lowest BCUT2D eigenvalue weighted by Gasteiger charge is -2.18. The number of allylic oxidation sites excluding steroid dienone is 3. The minimum Gasteiger partial charge on any atom is -0.491 e. The molecule has 1 aliphatic carbocycles. The molecule has 1 atom stereocenters. The number of rotatable bonds is 5. The van der Waals surface area contributed by atoms with Gasteiger partial charge in [0, 0.05) is 6.08 Å². The average Bonchev–Trinajstić information content (AvgIpc) is 3.00. The van der Waals surface area contributed by atoms with Crippen LogP contribution in [0.4, 0.5) is 0 Å². The fraction of sp³-hybridized carbons (Fsp3) is 0.227. The second-order valence-electron chi connectivity index (χ2n) is 6.50. The van der Waals surface area contributed by atoms with E-state index in [0.29, 0.717) is 6.61 Å². The lowest BCUT2D eigenvalue weighted by atomic mass is 10.00. The van der Waals surface area contributed by atoms with Crippen LogP contribution in [0.2, 0.25) is 0 Å². The zero-order chi connectivity index (χ0) is 17.1. The monoisotopic (exact) mass is 331 g/mol. The molecule has 126 valence electrons. The SMILES string of the molecule is O=C1C=C(OCc2cccc3ccccc23)[C@H](CC2=CCCC=C2)N1. The summed E-state index contributed by atoms with van der Waals surface area (Å²) in [6.07, 6.45) is 11.1. The Labute approximate surface area is 147 Å². The summed E-state index contributed by atoms with van der Waals surface area (Å²) < 4.78 is 6.05. The van der Waals surface area contributed by atoms with Crippen molar-refractivity contribution in [3.63, 3.8) is 0 Å². The van der Waals surface area contributed by atoms with Crippen LogP contribution in [-0.2, 0) is 16.1 Å². The predicted molar refractivity (Wildman–Crippen MR) is 99.8 cm³/mol. The van der Waals surface area contributed by atoms with Gasteiger partial charge in [-0.1, -0.05) is 60.7 Å². The van der Waals surface area contributed by atoms with Crippen molar-refractivity contribution in [3.05, 3.63) is 83.7 Å². The van der Waals surface area contributed by atoms with E-state index in [1.54, 1.807) is 6.08 Å². The first-order valence-corrected chi connectivity index (χ1v) is 8.77. The summed E-state index contributed by atoms with van der Waals surface area (Å²) in [5.41, 5.74) is 2.40. The molecule has 2 aromatic rings. The van der Waals surface area contributed by atoms with Gasteiger partial charge in [-0.25, -0.2) is 0 Å². The maximum atomic E-state index is 11.8. The number of benzene rings is 2. The summed E-state index contributed by atoms with van der Waals surface area (Å²) in [4.78, 5) is 11.8. The maximum absolute atomic E-state index is 11.8. The molecule has 0 saturated carbocycles. The first kappa shape index (κ1) is 15.7. The smallest absolute Gasteiger partial charge is 0.248 e. The molecule has 0 unspecified atom stereocenters. The summed E-state index contributed by atoms with van der Waals surface area (Å²) in [7, 11) is 0. The molecule has 1 aliphatic heterocycles. The van der Waals surface area contributed by atoms with Gasteiger partial charge in [0.2, 0.25) is 5.91 Å². The van der Waals surface area contributed by atoms with E-state index in [9.17, 15) is 4.79 Å². The number of ether oxygens (including phenoxy) is 1. The summed E-state index contributed by atoms with van der Waals surface area (Å²) in [5.74, 6) is 0.663. The minimum absolute atomic E-state index is 0.0710. The Morgan fingerprint density at radius 2 is 1.96 bits per heavy atom. The van der Waals surface area contributed by atoms with Crippen molar-refractivity contribution in [1.29, 1.82) is 0 Å². The Morgan fingerprint density at radius 3 is 2.84 bits per heavy atom. The molecule has 4 rings (SSSR count). The number of hydrogen-bond acceptors (Lipinski definition) is 2. The molecule has 1 N–H and O–H groups in total. The van der Waals surface area contributed by atoms with Crippen molar-refractivity contribution in [2.45, 2.75) is 31.9 Å². The Hall–Kier alpha value is -2.81. The Bertz CT molecular complexity index is 887. The molecule has 2 aliphatic rings. The molecule has 0 fully saturated rings. The van der Waals surface area contributed by atoms with Crippen molar-refractivity contribution in [2.24, 2.45) is 0 Å². The van der Waals surface area contributed by atoms with Gasteiger partial charge in [0.05, 0.1) is 6.04 Å². The van der Waals surface area contributed by atoms with Crippen molar-refractivity contribution < 1.29 is 9.53 Å². The second kappa shape index (κ2) is 6.98. The Morgan fingerprint density at radius 1 is 1.08 bits per heavy atom. The highest BCUT2D eigenvalue weighted by molar-refractivity contribution is 5.91. The van der Waals surface area contributed by atoms with Crippen molar-refractivity contribution >= 4 is 16.7 Å². The standard InChI is InChI=1S/C22H21NO2/c24-22-14-21(20(23-22)13-16-7-2-1-3-8-16)25-15-18-11-6-10-17-9-4-5-12-19(17)18/h2,4-12,14,20H,1,3,13,15H2,(H,23,24)/t20-/m0/s1. The highest BCUT2D eigenvalue weighted by atomic mass is 16.5. The molecule has 1 heterocycles. The normalized spacial score (nSPS) is 19.5. The van der Waals surface area contributed by atoms with Crippen molar-refractivity contribution in [3.8, 4) is 0 Å². The van der Waals surface area contributed by atoms with E-state index in [1.807, 2.05) is 18.2 Å². The second-order valence-corrected chi connectivity index (χ2v) is 6.50. The van der Waals surface area contributed by atoms with Crippen LogP contribution >= 0.6 is 0 Å². The number of amides is 1. The Balaban J connectivity index is 1.48. The van der Waals surface area contributed by atoms with Crippen LogP contribution in [0.1, 0.15) is 24.8 Å². The summed E-state index contributed by atoms with van der Waals surface area (Å²) in [6.45, 7) is 0.466. The molecular weight excluding hydrogens is 310 g/mol. The zero-order valence-electron chi connectivity index (χ0n) is 14.1. The van der Waals surface area contributed by atoms with E-state index in [1.165, 1.54) is 16.3 Å². The van der Waals surface area contributed by atoms with Crippen LogP contribution in [0.5, 0.6) is 0 Å². The summed E-state index contributed by atoms with van der Waals surface area (Å²) in [5, 5.41) is 5.39. The third kappa shape index (κ3) is 3.50. The highest BCUT2D eigenvalue weighted by Gasteiger charge is 2.26. The first-order chi connectivity index (χ1) is 12.3. The largest absolute Gasteiger partial charge is 0.491 e. The third-order valence-corrected chi connectivity index (χ3v) is 4.72. The molecule has 3 nitrogen and oxygen atoms in total. The van der Waals surface area contributed by atoms with E-state index < -0.39 is 0 Å². The Kier molecular flexibility index (Phi) is 4.38. The minimum atomic E-state index is -0.0727. The van der Waals surface area contributed by atoms with Gasteiger partial charge < -0.3 is 10.1 Å². The number of carbonyl (C=O) groups excluding carboxylic acids is 1. The quantitative estimate of drug-likeness (QED) is 0.881. The van der Waals surface area contributed by atoms with Gasteiger partial charge in [-0.2, -0.15) is 0 Å². The van der Waals surface area contributed by atoms with Gasteiger partial charge in [-0.05, 0) is 41.2 Å². The fourth-order valence-electron chi connectivity index (χ4n) is 3.44. The van der Waals surface area contributed by atoms with Crippen molar-refractivity contribution in [2.75, 3.05) is 0 Å². The molecule has 1 amide bonds. The predicted octanol–water partition coefficient (Wildman–Crippen LogP) is 4.41. The molecule has 0 radical (unpaired) electrons. The average molecular weight is 331 g/mol. The molecule has 25 heavy (non-hydrogen) atoms. The van der Waals surface area contributed by atoms with Crippen LogP contribution in [-0.4, -0.2) is 11.9 Å². The van der Waals surface area contributed by atoms with E-state index >= 15 is 0 Å². The lowest BCUT2D eigenvalue weighted by molar-refractivity contribution is -0.116. The third-order valence-electron chi connectivity index (χ3n) is 4.72. The van der Waals surface area contributed by atoms with E-state index in [2.05, 4.69) is 47.8 Å². The van der Waals surface area contributed by atoms with Crippen LogP contribution in [0.25, 0.3) is 10.8 Å². The zero-order valence-corrected chi connectivity index (χ0v) is 14.1. The van der Waals surface area contributed by atoms with E-state index in [4.69, 9.17) is 4.74 Å². The first-order valence-electron chi connectivity index (χ1n) is 8.77. The molecule has 0 bridgehead atoms.